The molecule has 2 aromatic rings. The molecule has 0 saturated heterocycles. The van der Waals surface area contributed by atoms with E-state index in [9.17, 15) is 4.79 Å². The van der Waals surface area contributed by atoms with Crippen molar-refractivity contribution in [2.45, 2.75) is 19.9 Å². The molecular formula is C10H11N3O2S. The van der Waals surface area contributed by atoms with Crippen LogP contribution in [0.4, 0.5) is 5.82 Å². The molecule has 1 atom stereocenters. The van der Waals surface area contributed by atoms with E-state index >= 15 is 0 Å². The summed E-state index contributed by atoms with van der Waals surface area (Å²) in [5.74, 6) is -0.321. The third-order valence-electron chi connectivity index (χ3n) is 2.28. The van der Waals surface area contributed by atoms with E-state index in [1.54, 1.807) is 6.92 Å². The minimum atomic E-state index is -0.903. The summed E-state index contributed by atoms with van der Waals surface area (Å²) in [6, 6.07) is -0.669. The number of aromatic nitrogens is 2. The highest BCUT2D eigenvalue weighted by Gasteiger charge is 2.14. The van der Waals surface area contributed by atoms with E-state index in [0.29, 0.717) is 5.82 Å². The average Bonchev–Trinajstić information content (AvgIpc) is 2.61. The zero-order chi connectivity index (χ0) is 11.7. The van der Waals surface area contributed by atoms with Crippen LogP contribution in [-0.4, -0.2) is 27.1 Å². The fourth-order valence-corrected chi connectivity index (χ4v) is 2.28. The summed E-state index contributed by atoms with van der Waals surface area (Å²) < 4.78 is 0. The molecule has 2 rings (SSSR count). The minimum Gasteiger partial charge on any atom is -0.480 e. The van der Waals surface area contributed by atoms with Crippen LogP contribution in [-0.2, 0) is 4.79 Å². The number of thiophene rings is 1. The summed E-state index contributed by atoms with van der Waals surface area (Å²) in [6.45, 7) is 3.54. The quantitative estimate of drug-likeness (QED) is 0.852. The van der Waals surface area contributed by atoms with Gasteiger partial charge in [0, 0.05) is 0 Å². The lowest BCUT2D eigenvalue weighted by molar-refractivity contribution is -0.137. The Labute approximate surface area is 96.2 Å². The third kappa shape index (κ3) is 1.83. The van der Waals surface area contributed by atoms with Crippen LogP contribution in [0.15, 0.2) is 11.7 Å². The van der Waals surface area contributed by atoms with Gasteiger partial charge in [-0.25, -0.2) is 9.97 Å². The highest BCUT2D eigenvalue weighted by Crippen LogP contribution is 2.28. The number of carbonyl (C=O) groups is 1. The summed E-state index contributed by atoms with van der Waals surface area (Å²) >= 11 is 1.53. The maximum Gasteiger partial charge on any atom is 0.325 e. The summed E-state index contributed by atoms with van der Waals surface area (Å²) in [5.41, 5.74) is 1.06. The number of carboxylic acids is 1. The molecule has 0 amide bonds. The van der Waals surface area contributed by atoms with Crippen LogP contribution in [0.1, 0.15) is 12.5 Å². The lowest BCUT2D eigenvalue weighted by Gasteiger charge is -2.10. The van der Waals surface area contributed by atoms with Gasteiger partial charge in [0.05, 0.1) is 5.39 Å². The Bertz CT molecular complexity index is 538. The zero-order valence-corrected chi connectivity index (χ0v) is 9.71. The number of nitrogens with zero attached hydrogens (tertiary/aromatic N) is 2. The fraction of sp³-hybridized carbons (Fsp3) is 0.300. The minimum absolute atomic E-state index is 0.582. The average molecular weight is 237 g/mol. The predicted molar refractivity (Wildman–Crippen MR) is 62.9 cm³/mol. The van der Waals surface area contributed by atoms with Crippen LogP contribution < -0.4 is 5.32 Å². The second-order valence-electron chi connectivity index (χ2n) is 3.53. The first kappa shape index (κ1) is 10.8. The van der Waals surface area contributed by atoms with Crippen LogP contribution in [0.25, 0.3) is 10.2 Å². The van der Waals surface area contributed by atoms with E-state index in [2.05, 4.69) is 15.3 Å². The number of fused-ring (bicyclic) bond motifs is 1. The van der Waals surface area contributed by atoms with Gasteiger partial charge in [-0.3, -0.25) is 4.79 Å². The van der Waals surface area contributed by atoms with Crippen molar-refractivity contribution < 1.29 is 9.90 Å². The van der Waals surface area contributed by atoms with Crippen molar-refractivity contribution in [1.29, 1.82) is 0 Å². The van der Waals surface area contributed by atoms with Crippen LogP contribution >= 0.6 is 11.3 Å². The Morgan fingerprint density at radius 1 is 1.56 bits per heavy atom. The van der Waals surface area contributed by atoms with Crippen molar-refractivity contribution in [3.8, 4) is 0 Å². The topological polar surface area (TPSA) is 75.1 Å². The van der Waals surface area contributed by atoms with E-state index in [-0.39, 0.29) is 0 Å². The number of hydrogen-bond acceptors (Lipinski definition) is 5. The molecule has 0 aliphatic heterocycles. The molecule has 2 aromatic heterocycles. The van der Waals surface area contributed by atoms with Crippen LogP contribution in [0.2, 0.25) is 0 Å². The predicted octanol–water partition coefficient (Wildman–Crippen LogP) is 1.88. The smallest absolute Gasteiger partial charge is 0.325 e. The molecule has 0 spiro atoms. The van der Waals surface area contributed by atoms with Gasteiger partial charge in [0.15, 0.2) is 0 Å². The molecule has 0 aromatic carbocycles. The number of anilines is 1. The van der Waals surface area contributed by atoms with Gasteiger partial charge in [0.25, 0.3) is 0 Å². The lowest BCUT2D eigenvalue weighted by atomic mass is 10.2. The summed E-state index contributed by atoms with van der Waals surface area (Å²) in [7, 11) is 0. The summed E-state index contributed by atoms with van der Waals surface area (Å²) in [6.07, 6.45) is 1.44. The summed E-state index contributed by atoms with van der Waals surface area (Å²) in [4.78, 5) is 19.8. The van der Waals surface area contributed by atoms with Gasteiger partial charge in [-0.2, -0.15) is 0 Å². The van der Waals surface area contributed by atoms with Crippen LogP contribution in [0, 0.1) is 6.92 Å². The number of carboxylic acid groups (broad SMARTS) is 1. The third-order valence-corrected chi connectivity index (χ3v) is 3.28. The summed E-state index contributed by atoms with van der Waals surface area (Å²) in [5, 5.41) is 14.6. The van der Waals surface area contributed by atoms with Gasteiger partial charge in [-0.1, -0.05) is 0 Å². The molecule has 16 heavy (non-hydrogen) atoms. The second-order valence-corrected chi connectivity index (χ2v) is 4.38. The first-order valence-electron chi connectivity index (χ1n) is 4.77. The Kier molecular flexibility index (Phi) is 2.74. The fourth-order valence-electron chi connectivity index (χ4n) is 1.39. The first-order valence-corrected chi connectivity index (χ1v) is 5.65. The number of aryl methyl sites for hydroxylation is 1. The van der Waals surface area contributed by atoms with Gasteiger partial charge in [0.1, 0.15) is 23.0 Å². The van der Waals surface area contributed by atoms with E-state index in [1.807, 2.05) is 12.3 Å². The molecule has 0 fully saturated rings. The van der Waals surface area contributed by atoms with Gasteiger partial charge in [0.2, 0.25) is 0 Å². The molecule has 2 heterocycles. The van der Waals surface area contributed by atoms with Crippen molar-refractivity contribution in [3.05, 3.63) is 17.3 Å². The zero-order valence-electron chi connectivity index (χ0n) is 8.89. The van der Waals surface area contributed by atoms with Gasteiger partial charge >= 0.3 is 5.97 Å². The monoisotopic (exact) mass is 237 g/mol. The standard InChI is InChI=1S/C10H11N3O2S/c1-5-3-16-9-7(5)8(11-4-12-9)13-6(2)10(14)15/h3-4,6H,1-2H3,(H,14,15)(H,11,12,13)/t6-/m0/s1. The number of aliphatic carboxylic acids is 1. The highest BCUT2D eigenvalue weighted by atomic mass is 32.1. The first-order chi connectivity index (χ1) is 7.59. The lowest BCUT2D eigenvalue weighted by Crippen LogP contribution is -2.26. The Morgan fingerprint density at radius 2 is 2.31 bits per heavy atom. The maximum atomic E-state index is 10.8. The van der Waals surface area contributed by atoms with Crippen molar-refractivity contribution >= 4 is 33.3 Å². The van der Waals surface area contributed by atoms with E-state index in [4.69, 9.17) is 5.11 Å². The molecule has 0 bridgehead atoms. The molecule has 0 aliphatic carbocycles. The molecule has 2 N–H and O–H groups in total. The number of rotatable bonds is 3. The Hall–Kier alpha value is -1.69. The van der Waals surface area contributed by atoms with E-state index in [0.717, 1.165) is 15.8 Å². The molecule has 0 saturated carbocycles. The van der Waals surface area contributed by atoms with Gasteiger partial charge < -0.3 is 10.4 Å². The molecule has 0 unspecified atom stereocenters. The number of hydrogen-bond donors (Lipinski definition) is 2. The Balaban J connectivity index is 2.44. The van der Waals surface area contributed by atoms with E-state index < -0.39 is 12.0 Å². The SMILES string of the molecule is Cc1csc2ncnc(N[C@@H](C)C(=O)O)c12. The van der Waals surface area contributed by atoms with Crippen LogP contribution in [0.5, 0.6) is 0 Å². The van der Waals surface area contributed by atoms with Gasteiger partial charge in [-0.05, 0) is 24.8 Å². The Morgan fingerprint density at radius 3 is 3.00 bits per heavy atom. The number of nitrogens with one attached hydrogen (secondary N) is 1. The van der Waals surface area contributed by atoms with Crippen molar-refractivity contribution in [1.82, 2.24) is 9.97 Å². The molecule has 6 heteroatoms. The largest absolute Gasteiger partial charge is 0.480 e. The second kappa shape index (κ2) is 4.05. The molecule has 5 nitrogen and oxygen atoms in total. The van der Waals surface area contributed by atoms with Gasteiger partial charge in [-0.15, -0.1) is 11.3 Å². The molecular weight excluding hydrogens is 226 g/mol. The van der Waals surface area contributed by atoms with Crippen LogP contribution in [0.3, 0.4) is 0 Å². The maximum absolute atomic E-state index is 10.8. The molecule has 0 radical (unpaired) electrons. The van der Waals surface area contributed by atoms with Crippen molar-refractivity contribution in [2.24, 2.45) is 0 Å². The van der Waals surface area contributed by atoms with Crippen molar-refractivity contribution in [3.63, 3.8) is 0 Å². The van der Waals surface area contributed by atoms with E-state index in [1.165, 1.54) is 17.7 Å². The van der Waals surface area contributed by atoms with Crippen molar-refractivity contribution in [2.75, 3.05) is 5.32 Å². The molecule has 84 valence electrons. The highest BCUT2D eigenvalue weighted by molar-refractivity contribution is 7.17. The molecule has 0 aliphatic rings. The normalized spacial score (nSPS) is 12.6.